The Balaban J connectivity index is 1.42. The van der Waals surface area contributed by atoms with E-state index in [2.05, 4.69) is 5.32 Å². The van der Waals surface area contributed by atoms with Crippen LogP contribution in [0.4, 0.5) is 5.69 Å². The molecule has 1 unspecified atom stereocenters. The second kappa shape index (κ2) is 10.4. The van der Waals surface area contributed by atoms with Gasteiger partial charge >= 0.3 is 0 Å². The highest BCUT2D eigenvalue weighted by Crippen LogP contribution is 2.37. The molecule has 1 fully saturated rings. The van der Waals surface area contributed by atoms with Crippen molar-refractivity contribution in [3.63, 3.8) is 0 Å². The summed E-state index contributed by atoms with van der Waals surface area (Å²) in [6.07, 6.45) is 1.56. The van der Waals surface area contributed by atoms with Crippen molar-refractivity contribution in [3.8, 4) is 23.0 Å². The van der Waals surface area contributed by atoms with Crippen molar-refractivity contribution in [2.75, 3.05) is 32.2 Å². The maximum atomic E-state index is 13.7. The van der Waals surface area contributed by atoms with Gasteiger partial charge in [0.05, 0.1) is 19.8 Å². The van der Waals surface area contributed by atoms with Crippen LogP contribution in [0.2, 0.25) is 0 Å². The molecule has 2 aliphatic rings. The van der Waals surface area contributed by atoms with Gasteiger partial charge in [-0.05, 0) is 35.6 Å². The molecule has 3 N–H and O–H groups in total. The third-order valence-electron chi connectivity index (χ3n) is 6.65. The zero-order valence-electron chi connectivity index (χ0n) is 20.2. The van der Waals surface area contributed by atoms with Crippen LogP contribution in [0.25, 0.3) is 0 Å². The van der Waals surface area contributed by atoms with Gasteiger partial charge in [-0.15, -0.1) is 0 Å². The predicted octanol–water partition coefficient (Wildman–Crippen LogP) is 4.08. The summed E-state index contributed by atoms with van der Waals surface area (Å²) in [6, 6.07) is 16.2. The van der Waals surface area contributed by atoms with Gasteiger partial charge < -0.3 is 34.6 Å². The normalized spacial score (nSPS) is 16.9. The highest BCUT2D eigenvalue weighted by Gasteiger charge is 2.30. The molecule has 0 saturated carbocycles. The van der Waals surface area contributed by atoms with Gasteiger partial charge in [-0.1, -0.05) is 30.3 Å². The van der Waals surface area contributed by atoms with E-state index in [0.717, 1.165) is 41.2 Å². The van der Waals surface area contributed by atoms with Gasteiger partial charge in [-0.25, -0.2) is 0 Å². The summed E-state index contributed by atoms with van der Waals surface area (Å²) in [5.74, 6) is 0.0664. The van der Waals surface area contributed by atoms with E-state index in [1.54, 1.807) is 12.0 Å². The third kappa shape index (κ3) is 5.04. The molecule has 0 radical (unpaired) electrons. The SMILES string of the molecule is COc1cc2c(c(NC3CCOC3)c1)CN(C(=O)c1c(O)cc(O)cc1OCc1ccccc1)CC2. The number of fused-ring (bicyclic) bond motifs is 1. The first-order chi connectivity index (χ1) is 17.5. The van der Waals surface area contributed by atoms with Crippen LogP contribution in [0, 0.1) is 0 Å². The molecule has 0 aliphatic carbocycles. The highest BCUT2D eigenvalue weighted by molar-refractivity contribution is 6.00. The molecule has 36 heavy (non-hydrogen) atoms. The topological polar surface area (TPSA) is 100 Å². The van der Waals surface area contributed by atoms with Crippen LogP contribution in [-0.4, -0.2) is 53.9 Å². The fourth-order valence-corrected chi connectivity index (χ4v) is 4.74. The number of rotatable bonds is 7. The summed E-state index contributed by atoms with van der Waals surface area (Å²) in [4.78, 5) is 15.4. The quantitative estimate of drug-likeness (QED) is 0.459. The second-order valence-electron chi connectivity index (χ2n) is 9.11. The molecule has 2 heterocycles. The summed E-state index contributed by atoms with van der Waals surface area (Å²) in [7, 11) is 1.65. The Morgan fingerprint density at radius 1 is 1.17 bits per heavy atom. The van der Waals surface area contributed by atoms with Crippen molar-refractivity contribution in [2.45, 2.75) is 32.0 Å². The molecular weight excluding hydrogens is 460 g/mol. The number of hydrogen-bond donors (Lipinski definition) is 3. The van der Waals surface area contributed by atoms with Gasteiger partial charge in [-0.2, -0.15) is 0 Å². The van der Waals surface area contributed by atoms with Crippen molar-refractivity contribution in [2.24, 2.45) is 0 Å². The minimum absolute atomic E-state index is 0.0411. The fourth-order valence-electron chi connectivity index (χ4n) is 4.74. The summed E-state index contributed by atoms with van der Waals surface area (Å²) in [6.45, 7) is 2.40. The number of anilines is 1. The van der Waals surface area contributed by atoms with Crippen molar-refractivity contribution in [1.29, 1.82) is 0 Å². The molecule has 1 saturated heterocycles. The van der Waals surface area contributed by atoms with E-state index < -0.39 is 0 Å². The van der Waals surface area contributed by atoms with Crippen molar-refractivity contribution in [3.05, 3.63) is 76.9 Å². The molecule has 3 aromatic rings. The molecule has 0 aromatic heterocycles. The number of carbonyl (C=O) groups is 1. The first kappa shape index (κ1) is 23.8. The Hall–Kier alpha value is -3.91. The molecule has 2 aliphatic heterocycles. The monoisotopic (exact) mass is 490 g/mol. The number of phenols is 2. The molecule has 8 nitrogen and oxygen atoms in total. The molecule has 8 heteroatoms. The number of ether oxygens (including phenoxy) is 3. The molecule has 188 valence electrons. The van der Waals surface area contributed by atoms with Gasteiger partial charge in [0.15, 0.2) is 0 Å². The van der Waals surface area contributed by atoms with Crippen LogP contribution in [-0.2, 0) is 24.3 Å². The van der Waals surface area contributed by atoms with Gasteiger partial charge in [0.1, 0.15) is 35.2 Å². The molecule has 1 atom stereocenters. The molecule has 3 aromatic carbocycles. The van der Waals surface area contributed by atoms with Crippen molar-refractivity contribution < 1.29 is 29.2 Å². The molecule has 0 spiro atoms. The van der Waals surface area contributed by atoms with E-state index in [-0.39, 0.29) is 41.4 Å². The van der Waals surface area contributed by atoms with Gasteiger partial charge in [0, 0.05) is 43.6 Å². The lowest BCUT2D eigenvalue weighted by Crippen LogP contribution is -2.37. The predicted molar refractivity (Wildman–Crippen MR) is 135 cm³/mol. The minimum Gasteiger partial charge on any atom is -0.508 e. The lowest BCUT2D eigenvalue weighted by atomic mass is 9.96. The zero-order chi connectivity index (χ0) is 25.1. The fraction of sp³-hybridized carbons (Fsp3) is 0.321. The maximum Gasteiger partial charge on any atom is 0.261 e. The van der Waals surface area contributed by atoms with Gasteiger partial charge in [-0.3, -0.25) is 4.79 Å². The lowest BCUT2D eigenvalue weighted by Gasteiger charge is -2.32. The zero-order valence-corrected chi connectivity index (χ0v) is 20.2. The number of amides is 1. The van der Waals surface area contributed by atoms with Crippen LogP contribution >= 0.6 is 0 Å². The standard InChI is InChI=1S/C28H30N2O6/c1-34-22-11-19-7-9-30(15-23(19)24(14-22)29-20-8-10-35-17-20)28(33)27-25(32)12-21(31)13-26(27)36-16-18-5-3-2-4-6-18/h2-6,11-14,20,29,31-32H,7-10,15-17H2,1H3. The van der Waals surface area contributed by atoms with Crippen molar-refractivity contribution >= 4 is 11.6 Å². The van der Waals surface area contributed by atoms with Crippen LogP contribution in [0.1, 0.15) is 33.5 Å². The Labute approximate surface area is 210 Å². The number of carbonyl (C=O) groups excluding carboxylic acids is 1. The number of phenolic OH excluding ortho intramolecular Hbond substituents is 2. The second-order valence-corrected chi connectivity index (χ2v) is 9.11. The van der Waals surface area contributed by atoms with E-state index in [9.17, 15) is 15.0 Å². The molecule has 5 rings (SSSR count). The molecule has 0 bridgehead atoms. The van der Waals surface area contributed by atoms with E-state index in [1.807, 2.05) is 42.5 Å². The minimum atomic E-state index is -0.354. The van der Waals surface area contributed by atoms with Crippen LogP contribution < -0.4 is 14.8 Å². The Morgan fingerprint density at radius 3 is 2.75 bits per heavy atom. The van der Waals surface area contributed by atoms with Crippen molar-refractivity contribution in [1.82, 2.24) is 4.90 Å². The number of aromatic hydroxyl groups is 2. The number of benzene rings is 3. The Bertz CT molecular complexity index is 1240. The first-order valence-corrected chi connectivity index (χ1v) is 12.1. The third-order valence-corrected chi connectivity index (χ3v) is 6.65. The number of nitrogens with one attached hydrogen (secondary N) is 1. The average molecular weight is 491 g/mol. The maximum absolute atomic E-state index is 13.7. The molecular formula is C28H30N2O6. The summed E-state index contributed by atoms with van der Waals surface area (Å²) in [5.41, 5.74) is 4.01. The summed E-state index contributed by atoms with van der Waals surface area (Å²) < 4.78 is 16.9. The van der Waals surface area contributed by atoms with Crippen LogP contribution in [0.5, 0.6) is 23.0 Å². The summed E-state index contributed by atoms with van der Waals surface area (Å²) in [5, 5.41) is 24.3. The van der Waals surface area contributed by atoms with E-state index in [4.69, 9.17) is 14.2 Å². The van der Waals surface area contributed by atoms with E-state index in [1.165, 1.54) is 12.1 Å². The first-order valence-electron chi connectivity index (χ1n) is 12.1. The highest BCUT2D eigenvalue weighted by atomic mass is 16.5. The number of nitrogens with zero attached hydrogens (tertiary/aromatic N) is 1. The molecule has 1 amide bonds. The van der Waals surface area contributed by atoms with Crippen LogP contribution in [0.15, 0.2) is 54.6 Å². The largest absolute Gasteiger partial charge is 0.508 e. The number of hydrogen-bond acceptors (Lipinski definition) is 7. The van der Waals surface area contributed by atoms with Crippen LogP contribution in [0.3, 0.4) is 0 Å². The van der Waals surface area contributed by atoms with E-state index in [0.29, 0.717) is 26.1 Å². The van der Waals surface area contributed by atoms with E-state index >= 15 is 0 Å². The Kier molecular flexibility index (Phi) is 6.86. The lowest BCUT2D eigenvalue weighted by molar-refractivity contribution is 0.0726. The van der Waals surface area contributed by atoms with Gasteiger partial charge in [0.2, 0.25) is 0 Å². The van der Waals surface area contributed by atoms with Gasteiger partial charge in [0.25, 0.3) is 5.91 Å². The average Bonchev–Trinajstić information content (AvgIpc) is 3.40. The summed E-state index contributed by atoms with van der Waals surface area (Å²) >= 11 is 0. The smallest absolute Gasteiger partial charge is 0.261 e. The number of methoxy groups -OCH3 is 1. The Morgan fingerprint density at radius 2 is 2.00 bits per heavy atom.